The van der Waals surface area contributed by atoms with E-state index in [0.717, 1.165) is 51.0 Å². The minimum atomic E-state index is -0.254. The van der Waals surface area contributed by atoms with E-state index in [4.69, 9.17) is 9.97 Å². The molecule has 0 aliphatic heterocycles. The van der Waals surface area contributed by atoms with Gasteiger partial charge in [0.2, 0.25) is 0 Å². The highest BCUT2D eigenvalue weighted by atomic mass is 16.3. The number of rotatable bonds is 5. The molecule has 0 spiro atoms. The Balaban J connectivity index is 1.52. The number of fused-ring (bicyclic) bond motifs is 3. The molecule has 3 heterocycles. The molecule has 0 radical (unpaired) electrons. The van der Waals surface area contributed by atoms with Crippen LogP contribution in [0.25, 0.3) is 38.9 Å². The summed E-state index contributed by atoms with van der Waals surface area (Å²) in [6.45, 7) is 6.62. The lowest BCUT2D eigenvalue weighted by Gasteiger charge is -2.26. The molecule has 0 saturated carbocycles. The largest absolute Gasteiger partial charge is 0.506 e. The van der Waals surface area contributed by atoms with E-state index >= 15 is 0 Å². The van der Waals surface area contributed by atoms with Crippen LogP contribution in [0.3, 0.4) is 0 Å². The molecule has 4 heteroatoms. The molecule has 182 valence electrons. The van der Waals surface area contributed by atoms with Gasteiger partial charge >= 0.3 is 0 Å². The summed E-state index contributed by atoms with van der Waals surface area (Å²) in [4.78, 5) is 9.87. The van der Waals surface area contributed by atoms with Crippen molar-refractivity contribution in [1.29, 1.82) is 0 Å². The average molecular weight is 484 g/mol. The molecule has 3 aromatic carbocycles. The van der Waals surface area contributed by atoms with E-state index < -0.39 is 0 Å². The number of nitrogens with zero attached hydrogens (tertiary/aromatic N) is 3. The van der Waals surface area contributed by atoms with Crippen LogP contribution in [0.5, 0.6) is 5.75 Å². The third kappa shape index (κ3) is 3.86. The van der Waals surface area contributed by atoms with E-state index in [1.165, 1.54) is 11.1 Å². The first-order valence-electron chi connectivity index (χ1n) is 12.7. The Hall–Kier alpha value is -4.44. The zero-order valence-electron chi connectivity index (χ0n) is 21.3. The number of benzene rings is 3. The second-order valence-electron chi connectivity index (χ2n) is 10.0. The van der Waals surface area contributed by atoms with E-state index in [9.17, 15) is 5.11 Å². The molecule has 1 N–H and O–H groups in total. The Labute approximate surface area is 216 Å². The fraction of sp³-hybridized carbons (Fsp3) is 0.152. The first-order valence-corrected chi connectivity index (χ1v) is 12.7. The number of phenols is 1. The van der Waals surface area contributed by atoms with Gasteiger partial charge in [-0.05, 0) is 66.1 Å². The molecule has 0 unspecified atom stereocenters. The number of phenolic OH excluding ortho intramolecular Hbond substituents is 1. The van der Waals surface area contributed by atoms with Crippen molar-refractivity contribution in [3.8, 4) is 22.7 Å². The van der Waals surface area contributed by atoms with E-state index in [0.29, 0.717) is 0 Å². The van der Waals surface area contributed by atoms with Crippen LogP contribution in [0.4, 0.5) is 0 Å². The molecule has 0 aliphatic carbocycles. The number of hydrogen-bond acceptors (Lipinski definition) is 3. The molecule has 0 aliphatic rings. The predicted octanol–water partition coefficient (Wildman–Crippen LogP) is 7.83. The molecule has 37 heavy (non-hydrogen) atoms. The molecule has 3 aromatic heterocycles. The maximum absolute atomic E-state index is 10.7. The number of para-hydroxylation sites is 3. The Morgan fingerprint density at radius 3 is 2.46 bits per heavy atom. The lowest BCUT2D eigenvalue weighted by Crippen LogP contribution is -2.20. The molecular weight excluding hydrogens is 454 g/mol. The van der Waals surface area contributed by atoms with Gasteiger partial charge in [-0.1, -0.05) is 69.3 Å². The highest BCUT2D eigenvalue weighted by Crippen LogP contribution is 2.36. The van der Waals surface area contributed by atoms with Crippen LogP contribution in [-0.4, -0.2) is 19.6 Å². The zero-order valence-corrected chi connectivity index (χ0v) is 21.3. The van der Waals surface area contributed by atoms with Crippen molar-refractivity contribution < 1.29 is 5.11 Å². The zero-order chi connectivity index (χ0) is 25.6. The fourth-order valence-electron chi connectivity index (χ4n) is 5.15. The van der Waals surface area contributed by atoms with Gasteiger partial charge < -0.3 is 5.11 Å². The maximum atomic E-state index is 10.7. The minimum absolute atomic E-state index is 0.225. The van der Waals surface area contributed by atoms with Gasteiger partial charge in [0.15, 0.2) is 0 Å². The summed E-state index contributed by atoms with van der Waals surface area (Å²) >= 11 is 0. The summed E-state index contributed by atoms with van der Waals surface area (Å²) in [6.07, 6.45) is 2.90. The van der Waals surface area contributed by atoms with Crippen molar-refractivity contribution in [2.75, 3.05) is 0 Å². The first-order chi connectivity index (χ1) is 18.0. The fourth-order valence-corrected chi connectivity index (χ4v) is 5.15. The van der Waals surface area contributed by atoms with Crippen LogP contribution < -0.4 is 0 Å². The Morgan fingerprint density at radius 1 is 0.811 bits per heavy atom. The van der Waals surface area contributed by atoms with Gasteiger partial charge in [-0.15, -0.1) is 0 Å². The Morgan fingerprint density at radius 2 is 1.62 bits per heavy atom. The Kier molecular flexibility index (Phi) is 5.53. The summed E-state index contributed by atoms with van der Waals surface area (Å²) in [5, 5.41) is 12.9. The summed E-state index contributed by atoms with van der Waals surface area (Å²) in [6, 6.07) is 32.8. The second kappa shape index (κ2) is 8.90. The molecule has 4 nitrogen and oxygen atoms in total. The van der Waals surface area contributed by atoms with Crippen LogP contribution in [-0.2, 0) is 11.8 Å². The quantitative estimate of drug-likeness (QED) is 0.272. The first kappa shape index (κ1) is 23.0. The molecule has 6 aromatic rings. The van der Waals surface area contributed by atoms with Crippen LogP contribution in [0.1, 0.15) is 37.6 Å². The van der Waals surface area contributed by atoms with E-state index in [1.807, 2.05) is 36.5 Å². The number of aryl methyl sites for hydroxylation is 1. The second-order valence-corrected chi connectivity index (χ2v) is 10.0. The van der Waals surface area contributed by atoms with Gasteiger partial charge in [0.1, 0.15) is 11.4 Å². The van der Waals surface area contributed by atoms with Gasteiger partial charge in [-0.2, -0.15) is 0 Å². The van der Waals surface area contributed by atoms with Gasteiger partial charge in [0, 0.05) is 27.9 Å². The number of hydrogen-bond donors (Lipinski definition) is 1. The van der Waals surface area contributed by atoms with Crippen molar-refractivity contribution >= 4 is 21.9 Å². The van der Waals surface area contributed by atoms with Gasteiger partial charge in [-0.3, -0.25) is 9.55 Å². The molecule has 0 saturated heterocycles. The minimum Gasteiger partial charge on any atom is -0.506 e. The summed E-state index contributed by atoms with van der Waals surface area (Å²) in [5.74, 6) is 0.225. The van der Waals surface area contributed by atoms with Crippen LogP contribution >= 0.6 is 0 Å². The van der Waals surface area contributed by atoms with Gasteiger partial charge in [0.05, 0.1) is 22.6 Å². The number of aromatic nitrogens is 3. The predicted molar refractivity (Wildman–Crippen MR) is 151 cm³/mol. The molecule has 6 rings (SSSR count). The lowest BCUT2D eigenvalue weighted by atomic mass is 9.80. The highest BCUT2D eigenvalue weighted by molar-refractivity contribution is 6.08. The summed E-state index contributed by atoms with van der Waals surface area (Å²) in [7, 11) is 0. The molecule has 0 bridgehead atoms. The topological polar surface area (TPSA) is 50.9 Å². The van der Waals surface area contributed by atoms with Crippen molar-refractivity contribution in [1.82, 2.24) is 14.5 Å². The van der Waals surface area contributed by atoms with Crippen molar-refractivity contribution in [2.24, 2.45) is 0 Å². The average Bonchev–Trinajstić information content (AvgIpc) is 3.27. The normalized spacial score (nSPS) is 11.9. The smallest absolute Gasteiger partial charge is 0.146 e. The summed E-state index contributed by atoms with van der Waals surface area (Å²) < 4.78 is 2.05. The van der Waals surface area contributed by atoms with Gasteiger partial charge in [-0.25, -0.2) is 4.98 Å². The van der Waals surface area contributed by atoms with E-state index in [-0.39, 0.29) is 11.2 Å². The number of pyridine rings is 2. The van der Waals surface area contributed by atoms with Crippen LogP contribution in [0, 0.1) is 0 Å². The molecular formula is C33H29N3O. The third-order valence-corrected chi connectivity index (χ3v) is 7.40. The lowest BCUT2D eigenvalue weighted by molar-refractivity contribution is 0.473. The standard InChI is InChI=1S/C33H29N3O/c1-4-22-18-19-34-31(20-22)33(2,3)24-11-9-10-23(21-24)27-17-16-26-25-12-5-6-13-28(25)36(32(26)35-27)29-14-7-8-15-30(29)37/h5-21,37H,4H2,1-3H3. The van der Waals surface area contributed by atoms with Crippen molar-refractivity contribution in [3.63, 3.8) is 0 Å². The van der Waals surface area contributed by atoms with Crippen molar-refractivity contribution in [2.45, 2.75) is 32.6 Å². The third-order valence-electron chi connectivity index (χ3n) is 7.40. The number of aromatic hydroxyl groups is 1. The molecule has 0 amide bonds. The maximum Gasteiger partial charge on any atom is 0.146 e. The monoisotopic (exact) mass is 483 g/mol. The van der Waals surface area contributed by atoms with Gasteiger partial charge in [0.25, 0.3) is 0 Å². The Bertz CT molecular complexity index is 1760. The van der Waals surface area contributed by atoms with Crippen molar-refractivity contribution in [3.05, 3.63) is 120 Å². The highest BCUT2D eigenvalue weighted by Gasteiger charge is 2.25. The van der Waals surface area contributed by atoms with Crippen LogP contribution in [0.2, 0.25) is 0 Å². The SMILES string of the molecule is CCc1ccnc(C(C)(C)c2cccc(-c3ccc4c5ccccc5n(-c5ccccc5O)c4n3)c2)c1. The summed E-state index contributed by atoms with van der Waals surface area (Å²) in [5.41, 5.74) is 7.78. The van der Waals surface area contributed by atoms with E-state index in [1.54, 1.807) is 6.07 Å². The van der Waals surface area contributed by atoms with Crippen LogP contribution in [0.15, 0.2) is 103 Å². The molecule has 0 atom stereocenters. The molecule has 0 fully saturated rings. The van der Waals surface area contributed by atoms with E-state index in [2.05, 4.69) is 86.0 Å².